The highest BCUT2D eigenvalue weighted by Crippen LogP contribution is 2.10. The van der Waals surface area contributed by atoms with Crippen LogP contribution < -0.4 is 0 Å². The zero-order valence-electron chi connectivity index (χ0n) is 8.25. The summed E-state index contributed by atoms with van der Waals surface area (Å²) in [5.41, 5.74) is 3.63. The van der Waals surface area contributed by atoms with E-state index in [1.165, 1.54) is 11.1 Å². The largest absolute Gasteiger partial charge is 0.392 e. The Bertz CT molecular complexity index is 285. The average molecular weight is 176 g/mol. The summed E-state index contributed by atoms with van der Waals surface area (Å²) >= 11 is 0. The van der Waals surface area contributed by atoms with E-state index in [0.717, 1.165) is 12.0 Å². The van der Waals surface area contributed by atoms with Gasteiger partial charge in [-0.1, -0.05) is 35.9 Å². The summed E-state index contributed by atoms with van der Waals surface area (Å²) in [6, 6.07) is 10.3. The van der Waals surface area contributed by atoms with Crippen LogP contribution in [-0.2, 0) is 6.42 Å². The molecule has 1 nitrogen and oxygen atoms in total. The molecule has 1 rings (SSSR count). The molecule has 1 aromatic carbocycles. The van der Waals surface area contributed by atoms with Crippen LogP contribution in [0.5, 0.6) is 0 Å². The Kier molecular flexibility index (Phi) is 3.71. The first kappa shape index (κ1) is 10.0. The maximum atomic E-state index is 8.93. The van der Waals surface area contributed by atoms with E-state index in [0.29, 0.717) is 0 Å². The van der Waals surface area contributed by atoms with E-state index in [9.17, 15) is 0 Å². The van der Waals surface area contributed by atoms with Crippen LogP contribution in [0.1, 0.15) is 19.4 Å². The second-order valence-electron chi connectivity index (χ2n) is 3.38. The molecule has 1 aromatic rings. The molecular weight excluding hydrogens is 160 g/mol. The lowest BCUT2D eigenvalue weighted by atomic mass is 10.0. The second kappa shape index (κ2) is 4.83. The molecule has 0 amide bonds. The molecule has 1 N–H and O–H groups in total. The molecule has 0 aliphatic carbocycles. The number of hydrogen-bond acceptors (Lipinski definition) is 1. The highest BCUT2D eigenvalue weighted by molar-refractivity contribution is 5.23. The third kappa shape index (κ3) is 3.03. The number of aliphatic hydroxyl groups is 1. The summed E-state index contributed by atoms with van der Waals surface area (Å²) in [6.07, 6.45) is 0.938. The number of benzene rings is 1. The van der Waals surface area contributed by atoms with Gasteiger partial charge in [-0.15, -0.1) is 0 Å². The summed E-state index contributed by atoms with van der Waals surface area (Å²) in [4.78, 5) is 0. The standard InChI is InChI=1S/C12H16O/c1-10(11(2)9-13)8-12-6-4-3-5-7-12/h3-7,13H,8-9H2,1-2H3. The summed E-state index contributed by atoms with van der Waals surface area (Å²) in [6.45, 7) is 4.20. The third-order valence-corrected chi connectivity index (χ3v) is 2.28. The normalized spacial score (nSPS) is 12.5. The van der Waals surface area contributed by atoms with Gasteiger partial charge >= 0.3 is 0 Å². The number of rotatable bonds is 3. The minimum absolute atomic E-state index is 0.165. The van der Waals surface area contributed by atoms with Crippen molar-refractivity contribution in [2.45, 2.75) is 20.3 Å². The Hall–Kier alpha value is -1.08. The Balaban J connectivity index is 2.70. The fraction of sp³-hybridized carbons (Fsp3) is 0.333. The molecule has 0 bridgehead atoms. The van der Waals surface area contributed by atoms with Gasteiger partial charge in [-0.2, -0.15) is 0 Å². The first-order valence-corrected chi connectivity index (χ1v) is 4.54. The van der Waals surface area contributed by atoms with E-state index in [1.54, 1.807) is 0 Å². The van der Waals surface area contributed by atoms with Gasteiger partial charge in [0, 0.05) is 0 Å². The highest BCUT2D eigenvalue weighted by atomic mass is 16.3. The van der Waals surface area contributed by atoms with Crippen molar-refractivity contribution in [3.05, 3.63) is 47.0 Å². The van der Waals surface area contributed by atoms with E-state index in [-0.39, 0.29) is 6.61 Å². The molecule has 13 heavy (non-hydrogen) atoms. The lowest BCUT2D eigenvalue weighted by molar-refractivity contribution is 0.330. The van der Waals surface area contributed by atoms with Gasteiger partial charge in [0.2, 0.25) is 0 Å². The third-order valence-electron chi connectivity index (χ3n) is 2.28. The maximum Gasteiger partial charge on any atom is 0.0641 e. The van der Waals surface area contributed by atoms with E-state index < -0.39 is 0 Å². The monoisotopic (exact) mass is 176 g/mol. The lowest BCUT2D eigenvalue weighted by Gasteiger charge is -2.05. The van der Waals surface area contributed by atoms with E-state index >= 15 is 0 Å². The van der Waals surface area contributed by atoms with Crippen molar-refractivity contribution in [2.75, 3.05) is 6.61 Å². The highest BCUT2D eigenvalue weighted by Gasteiger charge is 1.97. The molecule has 70 valence electrons. The fourth-order valence-electron chi connectivity index (χ4n) is 1.19. The molecule has 0 atom stereocenters. The van der Waals surface area contributed by atoms with Crippen molar-refractivity contribution in [1.82, 2.24) is 0 Å². The van der Waals surface area contributed by atoms with Crippen LogP contribution in [0.25, 0.3) is 0 Å². The van der Waals surface area contributed by atoms with E-state index in [1.807, 2.05) is 25.1 Å². The van der Waals surface area contributed by atoms with E-state index in [4.69, 9.17) is 5.11 Å². The smallest absolute Gasteiger partial charge is 0.0641 e. The predicted octanol–water partition coefficient (Wildman–Crippen LogP) is 2.56. The molecule has 0 aliphatic rings. The Morgan fingerprint density at radius 2 is 1.69 bits per heavy atom. The van der Waals surface area contributed by atoms with Crippen molar-refractivity contribution in [3.8, 4) is 0 Å². The van der Waals surface area contributed by atoms with Crippen LogP contribution in [0.15, 0.2) is 41.5 Å². The van der Waals surface area contributed by atoms with Crippen LogP contribution in [0.4, 0.5) is 0 Å². The van der Waals surface area contributed by atoms with Gasteiger partial charge in [-0.05, 0) is 31.4 Å². The summed E-state index contributed by atoms with van der Waals surface area (Å²) in [5, 5.41) is 8.93. The first-order valence-electron chi connectivity index (χ1n) is 4.54. The summed E-state index contributed by atoms with van der Waals surface area (Å²) in [5.74, 6) is 0. The summed E-state index contributed by atoms with van der Waals surface area (Å²) < 4.78 is 0. The molecule has 0 unspecified atom stereocenters. The summed E-state index contributed by atoms with van der Waals surface area (Å²) in [7, 11) is 0. The van der Waals surface area contributed by atoms with Crippen molar-refractivity contribution >= 4 is 0 Å². The van der Waals surface area contributed by atoms with Crippen LogP contribution in [0.2, 0.25) is 0 Å². The molecular formula is C12H16O. The zero-order valence-corrected chi connectivity index (χ0v) is 8.25. The van der Waals surface area contributed by atoms with Crippen LogP contribution in [0.3, 0.4) is 0 Å². The van der Waals surface area contributed by atoms with Gasteiger partial charge < -0.3 is 5.11 Å². The van der Waals surface area contributed by atoms with Crippen LogP contribution in [-0.4, -0.2) is 11.7 Å². The number of hydrogen-bond donors (Lipinski definition) is 1. The maximum absolute atomic E-state index is 8.93. The molecule has 0 fully saturated rings. The fourth-order valence-corrected chi connectivity index (χ4v) is 1.19. The van der Waals surface area contributed by atoms with Crippen LogP contribution in [0, 0.1) is 0 Å². The Morgan fingerprint density at radius 3 is 2.23 bits per heavy atom. The van der Waals surface area contributed by atoms with Crippen molar-refractivity contribution in [3.63, 3.8) is 0 Å². The molecule has 0 saturated heterocycles. The molecule has 1 heteroatoms. The van der Waals surface area contributed by atoms with Crippen LogP contribution >= 0.6 is 0 Å². The van der Waals surface area contributed by atoms with Gasteiger partial charge in [0.25, 0.3) is 0 Å². The van der Waals surface area contributed by atoms with Gasteiger partial charge in [0.05, 0.1) is 6.61 Å². The minimum atomic E-state index is 0.165. The molecule has 0 spiro atoms. The van der Waals surface area contributed by atoms with Gasteiger partial charge in [-0.3, -0.25) is 0 Å². The van der Waals surface area contributed by atoms with Gasteiger partial charge in [0.1, 0.15) is 0 Å². The van der Waals surface area contributed by atoms with Gasteiger partial charge in [-0.25, -0.2) is 0 Å². The average Bonchev–Trinajstić information content (AvgIpc) is 2.18. The predicted molar refractivity (Wildman–Crippen MR) is 55.6 cm³/mol. The van der Waals surface area contributed by atoms with E-state index in [2.05, 4.69) is 19.1 Å². The minimum Gasteiger partial charge on any atom is -0.392 e. The molecule has 0 aliphatic heterocycles. The number of allylic oxidation sites excluding steroid dienone is 1. The lowest BCUT2D eigenvalue weighted by Crippen LogP contribution is -1.93. The van der Waals surface area contributed by atoms with Gasteiger partial charge in [0.15, 0.2) is 0 Å². The van der Waals surface area contributed by atoms with Crippen molar-refractivity contribution in [2.24, 2.45) is 0 Å². The van der Waals surface area contributed by atoms with Crippen molar-refractivity contribution < 1.29 is 5.11 Å². The molecule has 0 saturated carbocycles. The quantitative estimate of drug-likeness (QED) is 0.702. The first-order chi connectivity index (χ1) is 6.24. The number of aliphatic hydroxyl groups excluding tert-OH is 1. The zero-order chi connectivity index (χ0) is 9.68. The second-order valence-corrected chi connectivity index (χ2v) is 3.38. The molecule has 0 radical (unpaired) electrons. The Labute approximate surface area is 79.7 Å². The van der Waals surface area contributed by atoms with Crippen molar-refractivity contribution in [1.29, 1.82) is 0 Å². The Morgan fingerprint density at radius 1 is 1.08 bits per heavy atom. The topological polar surface area (TPSA) is 20.2 Å². The molecule has 0 heterocycles. The molecule has 0 aromatic heterocycles. The SMILES string of the molecule is CC(CO)=C(C)Cc1ccccc1.